The van der Waals surface area contributed by atoms with Gasteiger partial charge in [-0.1, -0.05) is 18.2 Å². The molecule has 7 nitrogen and oxygen atoms in total. The maximum atomic E-state index is 12.0. The van der Waals surface area contributed by atoms with E-state index in [0.29, 0.717) is 6.54 Å². The van der Waals surface area contributed by atoms with Gasteiger partial charge in [-0.15, -0.1) is 0 Å². The lowest BCUT2D eigenvalue weighted by atomic mass is 9.96. The first-order chi connectivity index (χ1) is 15.2. The van der Waals surface area contributed by atoms with Gasteiger partial charge in [0.15, 0.2) is 0 Å². The summed E-state index contributed by atoms with van der Waals surface area (Å²) >= 11 is 0. The van der Waals surface area contributed by atoms with Crippen LogP contribution in [-0.4, -0.2) is 43.8 Å². The number of hydrogen-bond acceptors (Lipinski definition) is 5. The number of likely N-dealkylation sites (tertiary alicyclic amines) is 1. The van der Waals surface area contributed by atoms with Crippen molar-refractivity contribution in [2.75, 3.05) is 18.4 Å². The minimum Gasteiger partial charge on any atom is -0.360 e. The molecule has 1 saturated heterocycles. The summed E-state index contributed by atoms with van der Waals surface area (Å²) in [5, 5.41) is 4.48. The molecule has 156 valence electrons. The molecule has 0 bridgehead atoms. The van der Waals surface area contributed by atoms with Crippen LogP contribution in [0.3, 0.4) is 0 Å². The second kappa shape index (κ2) is 8.18. The summed E-state index contributed by atoms with van der Waals surface area (Å²) in [5.74, 6) is 1.70. The molecule has 1 atom stereocenters. The Bertz CT molecular complexity index is 1220. The Morgan fingerprint density at radius 2 is 2.03 bits per heavy atom. The molecule has 1 unspecified atom stereocenters. The number of anilines is 2. The van der Waals surface area contributed by atoms with Crippen molar-refractivity contribution in [2.45, 2.75) is 25.7 Å². The third-order valence-corrected chi connectivity index (χ3v) is 5.77. The lowest BCUT2D eigenvalue weighted by molar-refractivity contribution is -0.130. The average molecular weight is 412 g/mol. The van der Waals surface area contributed by atoms with E-state index in [4.69, 9.17) is 9.97 Å². The Morgan fingerprint density at radius 1 is 1.16 bits per heavy atom. The van der Waals surface area contributed by atoms with E-state index in [1.807, 2.05) is 66.0 Å². The number of carbonyl (C=O) groups is 1. The maximum Gasteiger partial charge on any atom is 0.219 e. The molecule has 4 heterocycles. The molecule has 1 aromatic carbocycles. The van der Waals surface area contributed by atoms with Crippen LogP contribution >= 0.6 is 0 Å². The van der Waals surface area contributed by atoms with Gasteiger partial charge < -0.3 is 15.2 Å². The first-order valence-electron chi connectivity index (χ1n) is 10.6. The number of carbonyl (C=O) groups excluding carboxylic acids is 1. The van der Waals surface area contributed by atoms with Gasteiger partial charge in [-0.25, -0.2) is 9.97 Å². The smallest absolute Gasteiger partial charge is 0.219 e. The van der Waals surface area contributed by atoms with Crippen LogP contribution in [0, 0.1) is 0 Å². The van der Waals surface area contributed by atoms with Crippen LogP contribution in [0.2, 0.25) is 0 Å². The Hall–Kier alpha value is -3.74. The number of pyridine rings is 1. The predicted molar refractivity (Wildman–Crippen MR) is 121 cm³/mol. The number of para-hydroxylation sites is 1. The molecule has 0 radical (unpaired) electrons. The summed E-state index contributed by atoms with van der Waals surface area (Å²) in [4.78, 5) is 31.2. The SMILES string of the molecule is CC(=O)N1CCCC(c2nc(Nc3ccccc3)cc(-c3cncc4[nH]ccc34)n2)C1. The number of aromatic amines is 1. The molecule has 1 amide bonds. The first kappa shape index (κ1) is 19.2. The van der Waals surface area contributed by atoms with Crippen molar-refractivity contribution < 1.29 is 4.79 Å². The highest BCUT2D eigenvalue weighted by Gasteiger charge is 2.26. The number of hydrogen-bond donors (Lipinski definition) is 2. The van der Waals surface area contributed by atoms with Gasteiger partial charge >= 0.3 is 0 Å². The van der Waals surface area contributed by atoms with Crippen LogP contribution < -0.4 is 5.32 Å². The third-order valence-electron chi connectivity index (χ3n) is 5.77. The van der Waals surface area contributed by atoms with Crippen molar-refractivity contribution >= 4 is 28.3 Å². The van der Waals surface area contributed by atoms with Crippen molar-refractivity contribution in [1.29, 1.82) is 0 Å². The third kappa shape index (κ3) is 3.99. The lowest BCUT2D eigenvalue weighted by Gasteiger charge is -2.31. The average Bonchev–Trinajstić information content (AvgIpc) is 3.29. The van der Waals surface area contributed by atoms with Crippen molar-refractivity contribution in [2.24, 2.45) is 0 Å². The number of aromatic nitrogens is 4. The highest BCUT2D eigenvalue weighted by atomic mass is 16.2. The molecule has 1 aliphatic rings. The summed E-state index contributed by atoms with van der Waals surface area (Å²) in [5.41, 5.74) is 3.71. The summed E-state index contributed by atoms with van der Waals surface area (Å²) in [7, 11) is 0. The van der Waals surface area contributed by atoms with E-state index in [-0.39, 0.29) is 11.8 Å². The topological polar surface area (TPSA) is 86.8 Å². The Kier molecular flexibility index (Phi) is 5.08. The highest BCUT2D eigenvalue weighted by molar-refractivity contribution is 5.93. The van der Waals surface area contributed by atoms with Crippen molar-refractivity contribution in [1.82, 2.24) is 24.8 Å². The van der Waals surface area contributed by atoms with Gasteiger partial charge in [0, 0.05) is 61.0 Å². The fraction of sp³-hybridized carbons (Fsp3) is 0.250. The number of amides is 1. The van der Waals surface area contributed by atoms with Crippen LogP contribution in [-0.2, 0) is 4.79 Å². The van der Waals surface area contributed by atoms with Crippen molar-refractivity contribution in [3.63, 3.8) is 0 Å². The first-order valence-corrected chi connectivity index (χ1v) is 10.6. The maximum absolute atomic E-state index is 12.0. The van der Waals surface area contributed by atoms with Crippen LogP contribution in [0.15, 0.2) is 61.1 Å². The molecule has 0 spiro atoms. The fourth-order valence-electron chi connectivity index (χ4n) is 4.18. The number of nitrogens with zero attached hydrogens (tertiary/aromatic N) is 4. The van der Waals surface area contributed by atoms with Gasteiger partial charge in [-0.05, 0) is 31.0 Å². The molecule has 4 aromatic rings. The minimum atomic E-state index is 0.102. The zero-order chi connectivity index (χ0) is 21.2. The van der Waals surface area contributed by atoms with Gasteiger partial charge in [-0.3, -0.25) is 9.78 Å². The molecule has 31 heavy (non-hydrogen) atoms. The summed E-state index contributed by atoms with van der Waals surface area (Å²) in [6, 6.07) is 14.0. The van der Waals surface area contributed by atoms with E-state index in [1.165, 1.54) is 0 Å². The minimum absolute atomic E-state index is 0.102. The largest absolute Gasteiger partial charge is 0.360 e. The molecule has 5 rings (SSSR count). The van der Waals surface area contributed by atoms with Crippen LogP contribution in [0.5, 0.6) is 0 Å². The van der Waals surface area contributed by atoms with E-state index < -0.39 is 0 Å². The number of piperidine rings is 1. The second-order valence-electron chi connectivity index (χ2n) is 7.92. The summed E-state index contributed by atoms with van der Waals surface area (Å²) < 4.78 is 0. The lowest BCUT2D eigenvalue weighted by Crippen LogP contribution is -2.38. The Morgan fingerprint density at radius 3 is 2.87 bits per heavy atom. The molecule has 7 heteroatoms. The van der Waals surface area contributed by atoms with E-state index in [0.717, 1.165) is 58.9 Å². The van der Waals surface area contributed by atoms with Crippen LogP contribution in [0.4, 0.5) is 11.5 Å². The molecule has 2 N–H and O–H groups in total. The number of fused-ring (bicyclic) bond motifs is 1. The quantitative estimate of drug-likeness (QED) is 0.516. The van der Waals surface area contributed by atoms with Crippen molar-refractivity contribution in [3.05, 3.63) is 66.9 Å². The molecule has 0 saturated carbocycles. The molecule has 0 aliphatic carbocycles. The number of rotatable bonds is 4. The molecule has 3 aromatic heterocycles. The Labute approximate surface area is 180 Å². The molecular weight excluding hydrogens is 388 g/mol. The predicted octanol–water partition coefficient (Wildman–Crippen LogP) is 4.49. The standard InChI is InChI=1S/C24H24N6O/c1-16(31)30-11-5-6-17(15-30)24-28-21(20-13-25-14-22-19(20)9-10-26-22)12-23(29-24)27-18-7-3-2-4-8-18/h2-4,7-10,12-14,17,26H,5-6,11,15H2,1H3,(H,27,28,29). The van der Waals surface area contributed by atoms with Gasteiger partial charge in [0.1, 0.15) is 11.6 Å². The van der Waals surface area contributed by atoms with Crippen LogP contribution in [0.25, 0.3) is 22.2 Å². The molecule has 1 fully saturated rings. The van der Waals surface area contributed by atoms with E-state index >= 15 is 0 Å². The van der Waals surface area contributed by atoms with Gasteiger partial charge in [-0.2, -0.15) is 0 Å². The van der Waals surface area contributed by atoms with E-state index in [9.17, 15) is 4.79 Å². The highest BCUT2D eigenvalue weighted by Crippen LogP contribution is 2.31. The number of nitrogens with one attached hydrogen (secondary N) is 2. The zero-order valence-electron chi connectivity index (χ0n) is 17.4. The fourth-order valence-corrected chi connectivity index (χ4v) is 4.18. The summed E-state index contributed by atoms with van der Waals surface area (Å²) in [6.07, 6.45) is 7.49. The van der Waals surface area contributed by atoms with Gasteiger partial charge in [0.05, 0.1) is 17.4 Å². The van der Waals surface area contributed by atoms with Gasteiger partial charge in [0.25, 0.3) is 0 Å². The normalized spacial score (nSPS) is 16.4. The van der Waals surface area contributed by atoms with Crippen LogP contribution in [0.1, 0.15) is 31.5 Å². The van der Waals surface area contributed by atoms with E-state index in [1.54, 1.807) is 6.92 Å². The Balaban J connectivity index is 1.59. The monoisotopic (exact) mass is 412 g/mol. The zero-order valence-corrected chi connectivity index (χ0v) is 17.4. The van der Waals surface area contributed by atoms with Gasteiger partial charge in [0.2, 0.25) is 5.91 Å². The molecule has 1 aliphatic heterocycles. The van der Waals surface area contributed by atoms with Crippen molar-refractivity contribution in [3.8, 4) is 11.3 Å². The summed E-state index contributed by atoms with van der Waals surface area (Å²) in [6.45, 7) is 3.07. The second-order valence-corrected chi connectivity index (χ2v) is 7.92. The number of H-pyrrole nitrogens is 1. The molecular formula is C24H24N6O. The van der Waals surface area contributed by atoms with E-state index in [2.05, 4.69) is 15.3 Å². The number of benzene rings is 1.